The van der Waals surface area contributed by atoms with E-state index in [1.54, 1.807) is 24.3 Å². The van der Waals surface area contributed by atoms with Crippen LogP contribution in [0.1, 0.15) is 47.3 Å². The molecule has 0 bridgehead atoms. The summed E-state index contributed by atoms with van der Waals surface area (Å²) in [6.07, 6.45) is -0.540. The summed E-state index contributed by atoms with van der Waals surface area (Å²) in [5.74, 6) is -0.187. The lowest BCUT2D eigenvalue weighted by Gasteiger charge is -2.32. The van der Waals surface area contributed by atoms with Crippen LogP contribution in [0.15, 0.2) is 30.5 Å². The first-order valence-corrected chi connectivity index (χ1v) is 12.9. The van der Waals surface area contributed by atoms with Crippen LogP contribution in [0, 0.1) is 5.92 Å². The molecule has 1 aliphatic carbocycles. The van der Waals surface area contributed by atoms with Gasteiger partial charge in [-0.05, 0) is 56.5 Å². The van der Waals surface area contributed by atoms with E-state index in [4.69, 9.17) is 0 Å². The van der Waals surface area contributed by atoms with Crippen molar-refractivity contribution in [3.63, 3.8) is 0 Å². The van der Waals surface area contributed by atoms with Crippen LogP contribution in [0.25, 0.3) is 0 Å². The van der Waals surface area contributed by atoms with Crippen molar-refractivity contribution in [3.05, 3.63) is 47.3 Å². The molecule has 0 spiro atoms. The summed E-state index contributed by atoms with van der Waals surface area (Å²) in [6, 6.07) is 6.16. The molecule has 0 radical (unpaired) electrons. The first kappa shape index (κ1) is 27.6. The third-order valence-electron chi connectivity index (χ3n) is 7.26. The van der Waals surface area contributed by atoms with Gasteiger partial charge in [0, 0.05) is 56.7 Å². The van der Waals surface area contributed by atoms with Crippen LogP contribution in [-0.4, -0.2) is 78.0 Å². The van der Waals surface area contributed by atoms with Crippen molar-refractivity contribution in [3.8, 4) is 0 Å². The van der Waals surface area contributed by atoms with E-state index in [9.17, 15) is 22.8 Å². The smallest absolute Gasteiger partial charge is 0.341 e. The largest absolute Gasteiger partial charge is 0.419 e. The Morgan fingerprint density at radius 1 is 1.05 bits per heavy atom. The van der Waals surface area contributed by atoms with E-state index < -0.39 is 11.7 Å². The summed E-state index contributed by atoms with van der Waals surface area (Å²) in [5.41, 5.74) is 0.122. The van der Waals surface area contributed by atoms with Gasteiger partial charge in [-0.15, -0.1) is 0 Å². The number of carbonyl (C=O) groups excluding carboxylic acids is 2. The maximum absolute atomic E-state index is 13.8. The number of likely N-dealkylation sites (N-methyl/N-ethyl adjacent to an activating group) is 1. The predicted octanol–water partition coefficient (Wildman–Crippen LogP) is 3.66. The monoisotopic (exact) mass is 533 g/mol. The second-order valence-corrected chi connectivity index (χ2v) is 9.93. The molecule has 1 saturated heterocycles. The SMILES string of the molecule is CNC(=O)N[C@H]1CCCC[C@H]1Cc1nc(Nc2ccc(C(=O)N3CCN(C)CC3)cc2)ncc1C(F)(F)F. The van der Waals surface area contributed by atoms with Crippen molar-refractivity contribution in [2.75, 3.05) is 45.6 Å². The summed E-state index contributed by atoms with van der Waals surface area (Å²) in [4.78, 5) is 36.8. The Balaban J connectivity index is 1.49. The minimum Gasteiger partial charge on any atom is -0.341 e. The van der Waals surface area contributed by atoms with Gasteiger partial charge >= 0.3 is 12.2 Å². The molecule has 2 heterocycles. The third-order valence-corrected chi connectivity index (χ3v) is 7.26. The average molecular weight is 534 g/mol. The molecule has 2 aliphatic rings. The Labute approximate surface area is 220 Å². The van der Waals surface area contributed by atoms with Gasteiger partial charge in [-0.2, -0.15) is 13.2 Å². The molecule has 1 saturated carbocycles. The molecule has 206 valence electrons. The first-order valence-electron chi connectivity index (χ1n) is 12.9. The first-order chi connectivity index (χ1) is 18.1. The van der Waals surface area contributed by atoms with Gasteiger partial charge in [0.05, 0.1) is 11.3 Å². The van der Waals surface area contributed by atoms with Crippen molar-refractivity contribution in [1.29, 1.82) is 0 Å². The van der Waals surface area contributed by atoms with Gasteiger partial charge in [0.15, 0.2) is 0 Å². The Bertz CT molecular complexity index is 1120. The molecule has 38 heavy (non-hydrogen) atoms. The number of piperazine rings is 1. The lowest BCUT2D eigenvalue weighted by Crippen LogP contribution is -2.47. The van der Waals surface area contributed by atoms with Crippen molar-refractivity contribution in [2.45, 2.75) is 44.3 Å². The predicted molar refractivity (Wildman–Crippen MR) is 137 cm³/mol. The Morgan fingerprint density at radius 2 is 1.74 bits per heavy atom. The van der Waals surface area contributed by atoms with Crippen molar-refractivity contribution in [1.82, 2.24) is 30.4 Å². The van der Waals surface area contributed by atoms with Gasteiger partial charge < -0.3 is 25.8 Å². The van der Waals surface area contributed by atoms with Crippen LogP contribution in [0.5, 0.6) is 0 Å². The number of nitrogens with one attached hydrogen (secondary N) is 3. The number of rotatable bonds is 6. The van der Waals surface area contributed by atoms with Crippen LogP contribution in [0.2, 0.25) is 0 Å². The molecule has 2 aromatic rings. The van der Waals surface area contributed by atoms with Crippen LogP contribution in [0.4, 0.5) is 29.6 Å². The number of aromatic nitrogens is 2. The van der Waals surface area contributed by atoms with Crippen molar-refractivity contribution in [2.24, 2.45) is 5.92 Å². The zero-order valence-electron chi connectivity index (χ0n) is 21.6. The number of anilines is 2. The summed E-state index contributed by atoms with van der Waals surface area (Å²) in [6.45, 7) is 2.97. The Morgan fingerprint density at radius 3 is 2.39 bits per heavy atom. The highest BCUT2D eigenvalue weighted by Gasteiger charge is 2.37. The van der Waals surface area contributed by atoms with E-state index in [0.29, 0.717) is 37.2 Å². The van der Waals surface area contributed by atoms with Crippen molar-refractivity contribution >= 4 is 23.6 Å². The molecule has 3 amide bonds. The molecule has 1 aliphatic heterocycles. The van der Waals surface area contributed by atoms with Gasteiger partial charge in [-0.25, -0.2) is 14.8 Å². The number of alkyl halides is 3. The Hall–Kier alpha value is -3.41. The molecular formula is C26H34F3N7O2. The highest BCUT2D eigenvalue weighted by molar-refractivity contribution is 5.94. The van der Waals surface area contributed by atoms with Gasteiger partial charge in [0.1, 0.15) is 0 Å². The molecule has 3 N–H and O–H groups in total. The fraction of sp³-hybridized carbons (Fsp3) is 0.538. The second-order valence-electron chi connectivity index (χ2n) is 9.93. The number of urea groups is 1. The van der Waals surface area contributed by atoms with Crippen molar-refractivity contribution < 1.29 is 22.8 Å². The molecule has 0 unspecified atom stereocenters. The standard InChI is InChI=1S/C26H34F3N7O2/c1-30-25(38)34-21-6-4-3-5-18(21)15-22-20(26(27,28)29)16-31-24(33-22)32-19-9-7-17(8-10-19)23(37)36-13-11-35(2)12-14-36/h7-10,16,18,21H,3-6,11-15H2,1-2H3,(H2,30,34,38)(H,31,32,33)/t18-,21-/m0/s1. The third kappa shape index (κ3) is 6.91. The molecule has 1 aromatic heterocycles. The minimum atomic E-state index is -4.60. The van der Waals surface area contributed by atoms with E-state index in [0.717, 1.165) is 32.1 Å². The average Bonchev–Trinajstić information content (AvgIpc) is 2.89. The fourth-order valence-electron chi connectivity index (χ4n) is 5.02. The zero-order chi connectivity index (χ0) is 27.3. The number of hydrogen-bond acceptors (Lipinski definition) is 6. The maximum Gasteiger partial charge on any atom is 0.419 e. The molecule has 12 heteroatoms. The summed E-state index contributed by atoms with van der Waals surface area (Å²) >= 11 is 0. The minimum absolute atomic E-state index is 0.0396. The summed E-state index contributed by atoms with van der Waals surface area (Å²) in [7, 11) is 3.53. The zero-order valence-corrected chi connectivity index (χ0v) is 21.6. The normalized spacial score (nSPS) is 20.6. The van der Waals surface area contributed by atoms with Crippen LogP contribution in [0.3, 0.4) is 0 Å². The Kier molecular flexibility index (Phi) is 8.70. The van der Waals surface area contributed by atoms with Crippen LogP contribution < -0.4 is 16.0 Å². The fourth-order valence-corrected chi connectivity index (χ4v) is 5.02. The highest BCUT2D eigenvalue weighted by Crippen LogP contribution is 2.35. The quantitative estimate of drug-likeness (QED) is 0.524. The van der Waals surface area contributed by atoms with Crippen LogP contribution in [-0.2, 0) is 12.6 Å². The second kappa shape index (κ2) is 12.0. The summed E-state index contributed by atoms with van der Waals surface area (Å²) < 4.78 is 41.4. The highest BCUT2D eigenvalue weighted by atomic mass is 19.4. The van der Waals surface area contributed by atoms with Gasteiger partial charge in [0.2, 0.25) is 5.95 Å². The van der Waals surface area contributed by atoms with E-state index in [1.807, 2.05) is 11.9 Å². The van der Waals surface area contributed by atoms with Gasteiger partial charge in [-0.1, -0.05) is 12.8 Å². The topological polar surface area (TPSA) is 102 Å². The molecular weight excluding hydrogens is 499 g/mol. The molecule has 9 nitrogen and oxygen atoms in total. The number of halogens is 3. The van der Waals surface area contributed by atoms with Crippen LogP contribution >= 0.6 is 0 Å². The van der Waals surface area contributed by atoms with E-state index in [1.165, 1.54) is 7.05 Å². The lowest BCUT2D eigenvalue weighted by molar-refractivity contribution is -0.138. The number of nitrogens with zero attached hydrogens (tertiary/aromatic N) is 4. The molecule has 1 aromatic carbocycles. The van der Waals surface area contributed by atoms with Gasteiger partial charge in [-0.3, -0.25) is 4.79 Å². The van der Waals surface area contributed by atoms with E-state index in [2.05, 4.69) is 30.8 Å². The lowest BCUT2D eigenvalue weighted by atomic mass is 9.81. The molecule has 4 rings (SSSR count). The molecule has 2 fully saturated rings. The summed E-state index contributed by atoms with van der Waals surface area (Å²) in [5, 5.41) is 8.34. The number of carbonyl (C=O) groups is 2. The number of hydrogen-bond donors (Lipinski definition) is 3. The number of benzene rings is 1. The maximum atomic E-state index is 13.8. The van der Waals surface area contributed by atoms with Gasteiger partial charge in [0.25, 0.3) is 5.91 Å². The van der Waals surface area contributed by atoms with E-state index in [-0.39, 0.29) is 42.0 Å². The molecule has 2 atom stereocenters. The number of amides is 3. The van der Waals surface area contributed by atoms with E-state index >= 15 is 0 Å².